The molecule has 4 aromatic heterocycles. The Labute approximate surface area is 200 Å². The molecule has 1 fully saturated rings. The van der Waals surface area contributed by atoms with Crippen molar-refractivity contribution in [2.24, 2.45) is 0 Å². The quantitative estimate of drug-likeness (QED) is 0.469. The molecule has 1 aliphatic rings. The number of halogens is 1. The van der Waals surface area contributed by atoms with Gasteiger partial charge in [-0.15, -0.1) is 0 Å². The van der Waals surface area contributed by atoms with Crippen LogP contribution in [0.15, 0.2) is 30.7 Å². The molecule has 0 bridgehead atoms. The van der Waals surface area contributed by atoms with Gasteiger partial charge in [0.05, 0.1) is 47.5 Å². The first-order chi connectivity index (χ1) is 16.2. The van der Waals surface area contributed by atoms with Crippen LogP contribution in [0.5, 0.6) is 5.88 Å². The molecule has 0 aliphatic carbocycles. The van der Waals surface area contributed by atoms with Crippen LogP contribution in [0.3, 0.4) is 0 Å². The summed E-state index contributed by atoms with van der Waals surface area (Å²) < 4.78 is 7.28. The van der Waals surface area contributed by atoms with Gasteiger partial charge < -0.3 is 19.1 Å². The van der Waals surface area contributed by atoms with E-state index in [4.69, 9.17) is 21.3 Å². The van der Waals surface area contributed by atoms with Gasteiger partial charge in [0, 0.05) is 30.9 Å². The lowest BCUT2D eigenvalue weighted by Gasteiger charge is -2.43. The number of carboxylic acid groups (broad SMARTS) is 1. The molecule has 0 saturated carbocycles. The van der Waals surface area contributed by atoms with Crippen LogP contribution in [-0.4, -0.2) is 72.7 Å². The molecule has 0 aromatic carbocycles. The van der Waals surface area contributed by atoms with E-state index in [1.807, 2.05) is 43.6 Å². The first-order valence-corrected chi connectivity index (χ1v) is 11.3. The van der Waals surface area contributed by atoms with Crippen molar-refractivity contribution in [2.45, 2.75) is 32.9 Å². The minimum absolute atomic E-state index is 0.143. The van der Waals surface area contributed by atoms with E-state index in [0.717, 1.165) is 16.8 Å². The fourth-order valence-electron chi connectivity index (χ4n) is 4.62. The molecule has 4 aromatic rings. The number of amides is 1. The SMILES string of the molecule is COc1nc(-c2cc(Cl)c3cc(N4C[C@H](C)N(C(=O)O)[C@@H](C)C4)cnc3n2)cn2cc(C)nc12. The summed E-state index contributed by atoms with van der Waals surface area (Å²) in [6.45, 7) is 6.86. The van der Waals surface area contributed by atoms with Gasteiger partial charge in [-0.3, -0.25) is 4.90 Å². The lowest BCUT2D eigenvalue weighted by molar-refractivity contribution is 0.0982. The summed E-state index contributed by atoms with van der Waals surface area (Å²) in [5, 5.41) is 10.7. The van der Waals surface area contributed by atoms with E-state index in [1.54, 1.807) is 19.4 Å². The number of anilines is 1. The molecule has 0 unspecified atom stereocenters. The lowest BCUT2D eigenvalue weighted by atomic mass is 10.1. The molecule has 1 aliphatic heterocycles. The Morgan fingerprint density at radius 1 is 1.12 bits per heavy atom. The Bertz CT molecular complexity index is 1410. The molecular weight excluding hydrogens is 458 g/mol. The fraction of sp³-hybridized carbons (Fsp3) is 0.348. The predicted octanol–water partition coefficient (Wildman–Crippen LogP) is 3.89. The monoisotopic (exact) mass is 481 g/mol. The first kappa shape index (κ1) is 22.1. The molecule has 2 atom stereocenters. The van der Waals surface area contributed by atoms with Crippen molar-refractivity contribution in [3.63, 3.8) is 0 Å². The van der Waals surface area contributed by atoms with E-state index < -0.39 is 6.09 Å². The molecule has 1 saturated heterocycles. The lowest BCUT2D eigenvalue weighted by Crippen LogP contribution is -2.58. The van der Waals surface area contributed by atoms with Crippen molar-refractivity contribution in [2.75, 3.05) is 25.1 Å². The average molecular weight is 482 g/mol. The maximum absolute atomic E-state index is 11.6. The molecule has 5 heterocycles. The van der Waals surface area contributed by atoms with Crippen molar-refractivity contribution >= 4 is 40.1 Å². The number of pyridine rings is 2. The molecule has 10 nitrogen and oxygen atoms in total. The van der Waals surface area contributed by atoms with Crippen LogP contribution in [-0.2, 0) is 0 Å². The minimum atomic E-state index is -0.898. The maximum Gasteiger partial charge on any atom is 0.407 e. The van der Waals surface area contributed by atoms with Gasteiger partial charge in [-0.25, -0.2) is 24.7 Å². The second-order valence-electron chi connectivity index (χ2n) is 8.60. The summed E-state index contributed by atoms with van der Waals surface area (Å²) in [5.41, 5.74) is 4.01. The Balaban J connectivity index is 1.51. The zero-order valence-electron chi connectivity index (χ0n) is 19.2. The highest BCUT2D eigenvalue weighted by molar-refractivity contribution is 6.35. The van der Waals surface area contributed by atoms with Crippen LogP contribution in [0.1, 0.15) is 19.5 Å². The minimum Gasteiger partial charge on any atom is -0.478 e. The number of ether oxygens (including phenoxy) is 1. The molecule has 0 spiro atoms. The van der Waals surface area contributed by atoms with Gasteiger partial charge in [-0.1, -0.05) is 11.6 Å². The van der Waals surface area contributed by atoms with E-state index in [9.17, 15) is 9.90 Å². The number of carbonyl (C=O) groups is 1. The molecule has 1 amide bonds. The molecular formula is C23H24ClN7O3. The number of methoxy groups -OCH3 is 1. The van der Waals surface area contributed by atoms with Gasteiger partial charge in [0.25, 0.3) is 5.88 Å². The standard InChI is InChI=1S/C23H24ClN7O3/c1-12-8-30-11-19(28-22(34-4)21(30)26-12)18-6-17(24)16-5-15(7-25-20(16)27-18)29-9-13(2)31(23(32)33)14(3)10-29/h5-8,11,13-14H,9-10H2,1-4H3,(H,32,33)/t13-,14-/m0/s1. The van der Waals surface area contributed by atoms with Crippen molar-refractivity contribution in [3.8, 4) is 17.3 Å². The van der Waals surface area contributed by atoms with Crippen molar-refractivity contribution in [3.05, 3.63) is 41.4 Å². The average Bonchev–Trinajstić information content (AvgIpc) is 3.17. The first-order valence-electron chi connectivity index (χ1n) is 10.9. The summed E-state index contributed by atoms with van der Waals surface area (Å²) >= 11 is 6.68. The topological polar surface area (TPSA) is 109 Å². The summed E-state index contributed by atoms with van der Waals surface area (Å²) in [5.74, 6) is 0.399. The van der Waals surface area contributed by atoms with Gasteiger partial charge in [0.2, 0.25) is 5.65 Å². The van der Waals surface area contributed by atoms with Crippen LogP contribution in [0, 0.1) is 6.92 Å². The summed E-state index contributed by atoms with van der Waals surface area (Å²) in [6.07, 6.45) is 4.58. The van der Waals surface area contributed by atoms with Gasteiger partial charge in [0.15, 0.2) is 5.65 Å². The molecule has 176 valence electrons. The highest BCUT2D eigenvalue weighted by Crippen LogP contribution is 2.31. The van der Waals surface area contributed by atoms with Crippen LogP contribution < -0.4 is 9.64 Å². The smallest absolute Gasteiger partial charge is 0.407 e. The zero-order chi connectivity index (χ0) is 24.1. The third-order valence-corrected chi connectivity index (χ3v) is 6.40. The van der Waals surface area contributed by atoms with Gasteiger partial charge in [0.1, 0.15) is 5.69 Å². The number of nitrogens with zero attached hydrogens (tertiary/aromatic N) is 7. The number of hydrogen-bond donors (Lipinski definition) is 1. The van der Waals surface area contributed by atoms with E-state index in [1.165, 1.54) is 4.90 Å². The second-order valence-corrected chi connectivity index (χ2v) is 9.00. The number of aromatic nitrogens is 5. The number of fused-ring (bicyclic) bond motifs is 2. The predicted molar refractivity (Wildman–Crippen MR) is 129 cm³/mol. The Hall–Kier alpha value is -3.66. The summed E-state index contributed by atoms with van der Waals surface area (Å²) in [6, 6.07) is 3.43. The van der Waals surface area contributed by atoms with Gasteiger partial charge in [-0.05, 0) is 32.9 Å². The Morgan fingerprint density at radius 3 is 2.53 bits per heavy atom. The zero-order valence-corrected chi connectivity index (χ0v) is 20.0. The maximum atomic E-state index is 11.6. The van der Waals surface area contributed by atoms with E-state index in [0.29, 0.717) is 46.7 Å². The van der Waals surface area contributed by atoms with E-state index >= 15 is 0 Å². The molecule has 11 heteroatoms. The number of piperazine rings is 1. The second kappa shape index (κ2) is 8.28. The van der Waals surface area contributed by atoms with Crippen LogP contribution >= 0.6 is 11.6 Å². The van der Waals surface area contributed by atoms with Crippen molar-refractivity contribution < 1.29 is 14.6 Å². The van der Waals surface area contributed by atoms with Crippen LogP contribution in [0.25, 0.3) is 28.1 Å². The Morgan fingerprint density at radius 2 is 1.85 bits per heavy atom. The molecule has 0 radical (unpaired) electrons. The molecule has 1 N–H and O–H groups in total. The summed E-state index contributed by atoms with van der Waals surface area (Å²) in [7, 11) is 1.55. The highest BCUT2D eigenvalue weighted by Gasteiger charge is 2.33. The third-order valence-electron chi connectivity index (χ3n) is 6.09. The van der Waals surface area contributed by atoms with Crippen molar-refractivity contribution in [1.29, 1.82) is 0 Å². The number of rotatable bonds is 3. The van der Waals surface area contributed by atoms with Gasteiger partial charge in [-0.2, -0.15) is 0 Å². The van der Waals surface area contributed by atoms with E-state index in [2.05, 4.69) is 19.9 Å². The van der Waals surface area contributed by atoms with Crippen molar-refractivity contribution in [1.82, 2.24) is 29.2 Å². The third kappa shape index (κ3) is 3.73. The largest absolute Gasteiger partial charge is 0.478 e. The van der Waals surface area contributed by atoms with E-state index in [-0.39, 0.29) is 12.1 Å². The normalized spacial score (nSPS) is 18.6. The van der Waals surface area contributed by atoms with Gasteiger partial charge >= 0.3 is 6.09 Å². The Kier molecular flexibility index (Phi) is 5.40. The molecule has 34 heavy (non-hydrogen) atoms. The number of hydrogen-bond acceptors (Lipinski definition) is 7. The molecule has 5 rings (SSSR count). The number of aryl methyl sites for hydroxylation is 1. The fourth-order valence-corrected chi connectivity index (χ4v) is 4.87. The van der Waals surface area contributed by atoms with Crippen LogP contribution in [0.4, 0.5) is 10.5 Å². The van der Waals surface area contributed by atoms with Crippen LogP contribution in [0.2, 0.25) is 5.02 Å². The highest BCUT2D eigenvalue weighted by atomic mass is 35.5. The summed E-state index contributed by atoms with van der Waals surface area (Å²) in [4.78, 5) is 33.4. The number of imidazole rings is 1.